The van der Waals surface area contributed by atoms with Gasteiger partial charge in [-0.05, 0) is 49.7 Å². The molecule has 1 aromatic carbocycles. The maximum absolute atomic E-state index is 13.8. The summed E-state index contributed by atoms with van der Waals surface area (Å²) in [6, 6.07) is 4.16. The summed E-state index contributed by atoms with van der Waals surface area (Å²) in [6.45, 7) is 1.00. The Labute approximate surface area is 125 Å². The molecule has 116 valence electrons. The third-order valence-electron chi connectivity index (χ3n) is 4.22. The fourth-order valence-corrected chi connectivity index (χ4v) is 4.40. The fourth-order valence-electron chi connectivity index (χ4n) is 2.57. The minimum absolute atomic E-state index is 0.0336. The molecule has 2 aliphatic rings. The van der Waals surface area contributed by atoms with Gasteiger partial charge >= 0.3 is 0 Å². The molecule has 0 unspecified atom stereocenters. The second-order valence-corrected chi connectivity index (χ2v) is 8.04. The molecule has 0 aromatic heterocycles. The Morgan fingerprint density at radius 2 is 1.71 bits per heavy atom. The van der Waals surface area contributed by atoms with Crippen LogP contribution in [0.25, 0.3) is 0 Å². The van der Waals surface area contributed by atoms with Gasteiger partial charge in [-0.1, -0.05) is 6.07 Å². The van der Waals surface area contributed by atoms with Gasteiger partial charge < -0.3 is 5.73 Å². The summed E-state index contributed by atoms with van der Waals surface area (Å²) in [5.41, 5.74) is 5.64. The standard InChI is InChI=1S/C15H21FN2O2S/c16-14-2-1-3-15(13(14)8-17)21(19,20)18(9-11-4-5-11)10-12-6-7-12/h1-3,11-12H,4-10,17H2. The van der Waals surface area contributed by atoms with Crippen LogP contribution < -0.4 is 5.73 Å². The van der Waals surface area contributed by atoms with Crippen molar-refractivity contribution < 1.29 is 12.8 Å². The predicted octanol–water partition coefficient (Wildman–Crippen LogP) is 2.10. The van der Waals surface area contributed by atoms with Gasteiger partial charge in [0.25, 0.3) is 0 Å². The third kappa shape index (κ3) is 3.27. The van der Waals surface area contributed by atoms with Crippen LogP contribution in [0.5, 0.6) is 0 Å². The quantitative estimate of drug-likeness (QED) is 0.838. The molecule has 2 N–H and O–H groups in total. The topological polar surface area (TPSA) is 63.4 Å². The van der Waals surface area contributed by atoms with Crippen LogP contribution in [-0.2, 0) is 16.6 Å². The van der Waals surface area contributed by atoms with Gasteiger partial charge in [-0.2, -0.15) is 4.31 Å². The van der Waals surface area contributed by atoms with Gasteiger partial charge in [-0.25, -0.2) is 12.8 Å². The highest BCUT2D eigenvalue weighted by atomic mass is 32.2. The number of nitrogens with zero attached hydrogens (tertiary/aromatic N) is 1. The molecular weight excluding hydrogens is 291 g/mol. The molecular formula is C15H21FN2O2S. The van der Waals surface area contributed by atoms with Crippen LogP contribution in [0.2, 0.25) is 0 Å². The second kappa shape index (κ2) is 5.66. The molecule has 6 heteroatoms. The first kappa shape index (κ1) is 14.9. The van der Waals surface area contributed by atoms with Crippen molar-refractivity contribution in [2.75, 3.05) is 13.1 Å². The lowest BCUT2D eigenvalue weighted by molar-refractivity contribution is 0.381. The van der Waals surface area contributed by atoms with Gasteiger partial charge in [-0.15, -0.1) is 0 Å². The lowest BCUT2D eigenvalue weighted by atomic mass is 10.2. The maximum atomic E-state index is 13.8. The Balaban J connectivity index is 1.93. The van der Waals surface area contributed by atoms with Crippen molar-refractivity contribution in [3.8, 4) is 0 Å². The number of hydrogen-bond acceptors (Lipinski definition) is 3. The van der Waals surface area contributed by atoms with E-state index < -0.39 is 15.8 Å². The van der Waals surface area contributed by atoms with Crippen LogP contribution in [-0.4, -0.2) is 25.8 Å². The van der Waals surface area contributed by atoms with E-state index in [1.165, 1.54) is 18.2 Å². The van der Waals surface area contributed by atoms with Crippen LogP contribution in [0.1, 0.15) is 31.2 Å². The first-order valence-electron chi connectivity index (χ1n) is 7.50. The van der Waals surface area contributed by atoms with Crippen molar-refractivity contribution in [1.29, 1.82) is 0 Å². The third-order valence-corrected chi connectivity index (χ3v) is 6.13. The van der Waals surface area contributed by atoms with E-state index in [2.05, 4.69) is 0 Å². The zero-order valence-electron chi connectivity index (χ0n) is 12.0. The summed E-state index contributed by atoms with van der Waals surface area (Å²) in [7, 11) is -3.66. The van der Waals surface area contributed by atoms with Gasteiger partial charge in [-0.3, -0.25) is 0 Å². The summed E-state index contributed by atoms with van der Waals surface area (Å²) in [5, 5.41) is 0. The van der Waals surface area contributed by atoms with Crippen molar-refractivity contribution in [2.45, 2.75) is 37.1 Å². The average molecular weight is 312 g/mol. The zero-order chi connectivity index (χ0) is 15.0. The average Bonchev–Trinajstić information content (AvgIpc) is 3.32. The van der Waals surface area contributed by atoms with E-state index in [0.29, 0.717) is 24.9 Å². The van der Waals surface area contributed by atoms with Gasteiger partial charge in [0.05, 0.1) is 4.90 Å². The van der Waals surface area contributed by atoms with Crippen LogP contribution in [0.15, 0.2) is 23.1 Å². The van der Waals surface area contributed by atoms with E-state index in [1.54, 1.807) is 4.31 Å². The van der Waals surface area contributed by atoms with Crippen LogP contribution in [0.3, 0.4) is 0 Å². The summed E-state index contributed by atoms with van der Waals surface area (Å²) < 4.78 is 41.2. The highest BCUT2D eigenvalue weighted by Gasteiger charge is 2.36. The zero-order valence-corrected chi connectivity index (χ0v) is 12.8. The summed E-state index contributed by atoms with van der Waals surface area (Å²) in [5.74, 6) is 0.387. The highest BCUT2D eigenvalue weighted by molar-refractivity contribution is 7.89. The molecule has 2 fully saturated rings. The summed E-state index contributed by atoms with van der Waals surface area (Å²) in [6.07, 6.45) is 4.35. The van der Waals surface area contributed by atoms with Gasteiger partial charge in [0.1, 0.15) is 5.82 Å². The maximum Gasteiger partial charge on any atom is 0.243 e. The van der Waals surface area contributed by atoms with E-state index in [4.69, 9.17) is 5.73 Å². The van der Waals surface area contributed by atoms with Crippen molar-refractivity contribution >= 4 is 10.0 Å². The molecule has 2 saturated carbocycles. The van der Waals surface area contributed by atoms with E-state index in [-0.39, 0.29) is 17.0 Å². The molecule has 4 nitrogen and oxygen atoms in total. The predicted molar refractivity (Wildman–Crippen MR) is 78.5 cm³/mol. The van der Waals surface area contributed by atoms with E-state index in [1.807, 2.05) is 0 Å². The van der Waals surface area contributed by atoms with Crippen molar-refractivity contribution in [2.24, 2.45) is 17.6 Å². The number of sulfonamides is 1. The van der Waals surface area contributed by atoms with Gasteiger partial charge in [0.15, 0.2) is 0 Å². The monoisotopic (exact) mass is 312 g/mol. The largest absolute Gasteiger partial charge is 0.326 e. The molecule has 0 amide bonds. The van der Waals surface area contributed by atoms with Gasteiger partial charge in [0, 0.05) is 25.2 Å². The SMILES string of the molecule is NCc1c(F)cccc1S(=O)(=O)N(CC1CC1)CC1CC1. The normalized spacial score (nSPS) is 19.2. The van der Waals surface area contributed by atoms with E-state index in [9.17, 15) is 12.8 Å². The Morgan fingerprint density at radius 3 is 2.19 bits per heavy atom. The Bertz CT molecular complexity index is 611. The molecule has 3 rings (SSSR count). The van der Waals surface area contributed by atoms with E-state index >= 15 is 0 Å². The first-order valence-corrected chi connectivity index (χ1v) is 8.94. The molecule has 0 radical (unpaired) electrons. The number of nitrogens with two attached hydrogens (primary N) is 1. The molecule has 0 atom stereocenters. The molecule has 1 aromatic rings. The van der Waals surface area contributed by atoms with Crippen LogP contribution in [0, 0.1) is 17.7 Å². The Kier molecular flexibility index (Phi) is 4.03. The highest BCUT2D eigenvalue weighted by Crippen LogP contribution is 2.36. The smallest absolute Gasteiger partial charge is 0.243 e. The molecule has 0 saturated heterocycles. The lowest BCUT2D eigenvalue weighted by Gasteiger charge is -2.23. The Morgan fingerprint density at radius 1 is 1.14 bits per heavy atom. The summed E-state index contributed by atoms with van der Waals surface area (Å²) in [4.78, 5) is 0.0336. The summed E-state index contributed by atoms with van der Waals surface area (Å²) >= 11 is 0. The Hall–Kier alpha value is -0.980. The first-order chi connectivity index (χ1) is 10.0. The second-order valence-electron chi connectivity index (χ2n) is 6.13. The van der Waals surface area contributed by atoms with Crippen molar-refractivity contribution in [1.82, 2.24) is 4.31 Å². The molecule has 0 heterocycles. The number of halogens is 1. The molecule has 2 aliphatic carbocycles. The van der Waals surface area contributed by atoms with Crippen molar-refractivity contribution in [3.05, 3.63) is 29.6 Å². The number of rotatable bonds is 7. The van der Waals surface area contributed by atoms with Crippen LogP contribution in [0.4, 0.5) is 4.39 Å². The van der Waals surface area contributed by atoms with Crippen molar-refractivity contribution in [3.63, 3.8) is 0 Å². The molecule has 0 spiro atoms. The lowest BCUT2D eigenvalue weighted by Crippen LogP contribution is -2.35. The van der Waals surface area contributed by atoms with E-state index in [0.717, 1.165) is 25.7 Å². The fraction of sp³-hybridized carbons (Fsp3) is 0.600. The number of hydrogen-bond donors (Lipinski definition) is 1. The van der Waals surface area contributed by atoms with Gasteiger partial charge in [0.2, 0.25) is 10.0 Å². The minimum Gasteiger partial charge on any atom is -0.326 e. The molecule has 0 bridgehead atoms. The molecule has 0 aliphatic heterocycles. The van der Waals surface area contributed by atoms with Crippen LogP contribution >= 0.6 is 0 Å². The number of benzene rings is 1. The molecule has 21 heavy (non-hydrogen) atoms. The minimum atomic E-state index is -3.66.